The minimum Gasteiger partial charge on any atom is -0.325 e. The van der Waals surface area contributed by atoms with E-state index in [1.807, 2.05) is 42.5 Å². The molecule has 1 spiro atoms. The first kappa shape index (κ1) is 17.9. The molecule has 2 aliphatic carbocycles. The molecule has 0 saturated carbocycles. The number of nitrogens with one attached hydrogen (secondary N) is 2. The van der Waals surface area contributed by atoms with Crippen molar-refractivity contribution < 1.29 is 14.4 Å². The fourth-order valence-electron chi connectivity index (χ4n) is 4.95. The molecule has 6 nitrogen and oxygen atoms in total. The van der Waals surface area contributed by atoms with Crippen LogP contribution in [0.5, 0.6) is 0 Å². The third kappa shape index (κ3) is 2.90. The van der Waals surface area contributed by atoms with Crippen LogP contribution < -0.4 is 10.6 Å². The van der Waals surface area contributed by atoms with Gasteiger partial charge in [0.1, 0.15) is 12.1 Å². The van der Waals surface area contributed by atoms with E-state index >= 15 is 0 Å². The number of nitrogens with zero attached hydrogens (tertiary/aromatic N) is 1. The van der Waals surface area contributed by atoms with Crippen molar-refractivity contribution in [1.82, 2.24) is 10.2 Å². The van der Waals surface area contributed by atoms with Crippen LogP contribution in [-0.2, 0) is 34.4 Å². The Kier molecular flexibility index (Phi) is 4.15. The van der Waals surface area contributed by atoms with Crippen LogP contribution in [0.3, 0.4) is 0 Å². The predicted molar refractivity (Wildman–Crippen MR) is 108 cm³/mol. The van der Waals surface area contributed by atoms with Crippen molar-refractivity contribution in [3.05, 3.63) is 64.7 Å². The maximum absolute atomic E-state index is 13.3. The number of imide groups is 1. The highest BCUT2D eigenvalue weighted by molar-refractivity contribution is 6.10. The first-order valence-electron chi connectivity index (χ1n) is 10.2. The van der Waals surface area contributed by atoms with Crippen LogP contribution in [0.4, 0.5) is 10.5 Å². The van der Waals surface area contributed by atoms with Gasteiger partial charge in [-0.3, -0.25) is 14.5 Å². The van der Waals surface area contributed by atoms with Crippen molar-refractivity contribution in [3.63, 3.8) is 0 Å². The molecule has 2 aromatic rings. The maximum Gasteiger partial charge on any atom is 0.325 e. The Labute approximate surface area is 169 Å². The lowest BCUT2D eigenvalue weighted by atomic mass is 9.76. The summed E-state index contributed by atoms with van der Waals surface area (Å²) in [7, 11) is 0. The minimum absolute atomic E-state index is 0.286. The minimum atomic E-state index is -1.04. The van der Waals surface area contributed by atoms with Crippen molar-refractivity contribution in [3.8, 4) is 0 Å². The number of hydrogen-bond acceptors (Lipinski definition) is 3. The summed E-state index contributed by atoms with van der Waals surface area (Å²) in [5, 5.41) is 5.72. The van der Waals surface area contributed by atoms with Crippen LogP contribution in [0.15, 0.2) is 42.5 Å². The molecular formula is C23H23N3O3. The summed E-state index contributed by atoms with van der Waals surface area (Å²) >= 11 is 0. The van der Waals surface area contributed by atoms with Gasteiger partial charge in [-0.05, 0) is 72.9 Å². The number of benzene rings is 2. The number of hydrogen-bond donors (Lipinski definition) is 2. The van der Waals surface area contributed by atoms with E-state index in [2.05, 4.69) is 10.6 Å². The SMILES string of the molecule is O=C(CN1C(=O)N[C@]2(CCCc3ccccc32)C1=O)Nc1ccc2c(c1)CCC2. The van der Waals surface area contributed by atoms with E-state index in [1.165, 1.54) is 11.1 Å². The molecule has 2 N–H and O–H groups in total. The van der Waals surface area contributed by atoms with Gasteiger partial charge in [-0.25, -0.2) is 4.79 Å². The van der Waals surface area contributed by atoms with E-state index in [0.717, 1.165) is 48.1 Å². The second-order valence-corrected chi connectivity index (χ2v) is 8.12. The van der Waals surface area contributed by atoms with E-state index in [9.17, 15) is 14.4 Å². The van der Waals surface area contributed by atoms with E-state index < -0.39 is 11.6 Å². The van der Waals surface area contributed by atoms with Gasteiger partial charge in [0.25, 0.3) is 5.91 Å². The fourth-order valence-corrected chi connectivity index (χ4v) is 4.95. The molecule has 0 unspecified atom stereocenters. The zero-order chi connectivity index (χ0) is 20.0. The van der Waals surface area contributed by atoms with Gasteiger partial charge in [0.15, 0.2) is 0 Å². The Balaban J connectivity index is 1.34. The number of anilines is 1. The lowest BCUT2D eigenvalue weighted by Gasteiger charge is -2.33. The molecule has 29 heavy (non-hydrogen) atoms. The summed E-state index contributed by atoms with van der Waals surface area (Å²) in [5.74, 6) is -0.702. The highest BCUT2D eigenvalue weighted by atomic mass is 16.2. The average molecular weight is 389 g/mol. The molecule has 6 heteroatoms. The van der Waals surface area contributed by atoms with E-state index in [1.54, 1.807) is 0 Å². The topological polar surface area (TPSA) is 78.5 Å². The first-order valence-corrected chi connectivity index (χ1v) is 10.2. The molecule has 3 aliphatic rings. The van der Waals surface area contributed by atoms with Crippen LogP contribution in [0.1, 0.15) is 41.5 Å². The molecule has 4 amide bonds. The van der Waals surface area contributed by atoms with Crippen molar-refractivity contribution in [2.24, 2.45) is 0 Å². The molecule has 0 radical (unpaired) electrons. The first-order chi connectivity index (χ1) is 14.1. The Hall–Kier alpha value is -3.15. The average Bonchev–Trinajstić information content (AvgIpc) is 3.27. The Morgan fingerprint density at radius 1 is 1.00 bits per heavy atom. The largest absolute Gasteiger partial charge is 0.325 e. The van der Waals surface area contributed by atoms with Crippen molar-refractivity contribution >= 4 is 23.5 Å². The lowest BCUT2D eigenvalue weighted by molar-refractivity contribution is -0.134. The third-order valence-electron chi connectivity index (χ3n) is 6.33. The summed E-state index contributed by atoms with van der Waals surface area (Å²) in [6.07, 6.45) is 5.50. The number of rotatable bonds is 3. The van der Waals surface area contributed by atoms with Gasteiger partial charge in [0.05, 0.1) is 0 Å². The van der Waals surface area contributed by atoms with Gasteiger partial charge in [-0.15, -0.1) is 0 Å². The number of aryl methyl sites for hydroxylation is 3. The molecular weight excluding hydrogens is 366 g/mol. The van der Waals surface area contributed by atoms with Gasteiger partial charge < -0.3 is 10.6 Å². The Bertz CT molecular complexity index is 1030. The van der Waals surface area contributed by atoms with Crippen molar-refractivity contribution in [2.75, 3.05) is 11.9 Å². The summed E-state index contributed by atoms with van der Waals surface area (Å²) in [4.78, 5) is 39.5. The molecule has 0 aromatic heterocycles. The summed E-state index contributed by atoms with van der Waals surface area (Å²) in [6.45, 7) is -0.286. The molecule has 2 aromatic carbocycles. The van der Waals surface area contributed by atoms with Crippen LogP contribution in [0, 0.1) is 0 Å². The normalized spacial score (nSPS) is 22.4. The second kappa shape index (κ2) is 6.72. The third-order valence-corrected chi connectivity index (χ3v) is 6.33. The zero-order valence-electron chi connectivity index (χ0n) is 16.2. The number of carbonyl (C=O) groups excluding carboxylic acids is 3. The van der Waals surface area contributed by atoms with Crippen molar-refractivity contribution in [2.45, 2.75) is 44.1 Å². The summed E-state index contributed by atoms with van der Waals surface area (Å²) in [5.41, 5.74) is 4.19. The standard InChI is InChI=1S/C23H23N3O3/c27-20(24-18-11-10-15-6-3-7-17(15)13-18)14-26-21(28)23(25-22(26)29)12-4-8-16-5-1-2-9-19(16)23/h1-2,5,9-11,13H,3-4,6-8,12,14H2,(H,24,27)(H,25,29)/t23-/m0/s1. The molecule has 5 rings (SSSR count). The molecule has 1 saturated heterocycles. The zero-order valence-corrected chi connectivity index (χ0v) is 16.2. The number of fused-ring (bicyclic) bond motifs is 3. The van der Waals surface area contributed by atoms with Gasteiger partial charge in [-0.2, -0.15) is 0 Å². The number of carbonyl (C=O) groups is 3. The molecule has 0 bridgehead atoms. The summed E-state index contributed by atoms with van der Waals surface area (Å²) in [6, 6.07) is 13.1. The van der Waals surface area contributed by atoms with Crippen LogP contribution in [0.25, 0.3) is 0 Å². The number of amides is 4. The lowest BCUT2D eigenvalue weighted by Crippen LogP contribution is -2.47. The maximum atomic E-state index is 13.3. The highest BCUT2D eigenvalue weighted by Crippen LogP contribution is 2.39. The smallest absolute Gasteiger partial charge is 0.325 e. The molecule has 1 atom stereocenters. The predicted octanol–water partition coefficient (Wildman–Crippen LogP) is 2.90. The Morgan fingerprint density at radius 3 is 2.69 bits per heavy atom. The fraction of sp³-hybridized carbons (Fsp3) is 0.348. The highest BCUT2D eigenvalue weighted by Gasteiger charge is 2.54. The molecule has 1 aliphatic heterocycles. The van der Waals surface area contributed by atoms with E-state index in [-0.39, 0.29) is 18.4 Å². The van der Waals surface area contributed by atoms with Crippen LogP contribution in [0.2, 0.25) is 0 Å². The summed E-state index contributed by atoms with van der Waals surface area (Å²) < 4.78 is 0. The van der Waals surface area contributed by atoms with E-state index in [4.69, 9.17) is 0 Å². The van der Waals surface area contributed by atoms with Crippen LogP contribution in [-0.4, -0.2) is 29.3 Å². The molecule has 1 fully saturated rings. The molecule has 1 heterocycles. The van der Waals surface area contributed by atoms with Gasteiger partial charge in [0, 0.05) is 5.69 Å². The van der Waals surface area contributed by atoms with E-state index in [0.29, 0.717) is 12.1 Å². The number of urea groups is 1. The quantitative estimate of drug-likeness (QED) is 0.793. The second-order valence-electron chi connectivity index (χ2n) is 8.12. The van der Waals surface area contributed by atoms with Crippen LogP contribution >= 0.6 is 0 Å². The van der Waals surface area contributed by atoms with Gasteiger partial charge in [0.2, 0.25) is 5.91 Å². The molecule has 148 valence electrons. The van der Waals surface area contributed by atoms with Gasteiger partial charge >= 0.3 is 6.03 Å². The monoisotopic (exact) mass is 389 g/mol. The van der Waals surface area contributed by atoms with Gasteiger partial charge in [-0.1, -0.05) is 30.3 Å². The van der Waals surface area contributed by atoms with Crippen molar-refractivity contribution in [1.29, 1.82) is 0 Å². The Morgan fingerprint density at radius 2 is 1.79 bits per heavy atom.